The summed E-state index contributed by atoms with van der Waals surface area (Å²) in [5.41, 5.74) is 0. The molecule has 0 saturated heterocycles. The second kappa shape index (κ2) is 17.3. The summed E-state index contributed by atoms with van der Waals surface area (Å²) in [5, 5.41) is 9.63. The molecule has 0 N–H and O–H groups in total. The maximum absolute atomic E-state index is 9.63. The predicted molar refractivity (Wildman–Crippen MR) is 99.1 cm³/mol. The van der Waals surface area contributed by atoms with Crippen LogP contribution < -0.4 is 5.11 Å². The van der Waals surface area contributed by atoms with E-state index in [0.717, 1.165) is 0 Å². The molecule has 22 heavy (non-hydrogen) atoms. The molecule has 0 heterocycles. The first-order chi connectivity index (χ1) is 10.5. The summed E-state index contributed by atoms with van der Waals surface area (Å²) in [7, 11) is 0. The van der Waals surface area contributed by atoms with E-state index in [0.29, 0.717) is 5.92 Å². The van der Waals surface area contributed by atoms with Crippen LogP contribution in [0.15, 0.2) is 0 Å². The summed E-state index contributed by atoms with van der Waals surface area (Å²) in [4.78, 5) is 0. The van der Waals surface area contributed by atoms with Gasteiger partial charge in [0.05, 0.1) is 26.2 Å². The van der Waals surface area contributed by atoms with Gasteiger partial charge in [0.15, 0.2) is 0 Å². The van der Waals surface area contributed by atoms with Crippen LogP contribution in [0.1, 0.15) is 92.9 Å². The van der Waals surface area contributed by atoms with Gasteiger partial charge >= 0.3 is 0 Å². The average Bonchev–Trinajstić information content (AvgIpc) is 2.54. The van der Waals surface area contributed by atoms with Crippen molar-refractivity contribution in [3.05, 3.63) is 0 Å². The Bertz CT molecular complexity index is 166. The summed E-state index contributed by atoms with van der Waals surface area (Å²) in [5.74, 6) is 0.329. The third-order valence-corrected chi connectivity index (χ3v) is 4.28. The SMILES string of the molecule is CC(C)C[O-].CCCC[N+](CCCC)(CCCC)CCCC. The number of unbranched alkanes of at least 4 members (excludes halogenated alkanes) is 4. The van der Waals surface area contributed by atoms with Crippen molar-refractivity contribution in [3.63, 3.8) is 0 Å². The van der Waals surface area contributed by atoms with E-state index in [4.69, 9.17) is 0 Å². The van der Waals surface area contributed by atoms with E-state index < -0.39 is 0 Å². The van der Waals surface area contributed by atoms with E-state index in [1.54, 1.807) is 0 Å². The fraction of sp³-hybridized carbons (Fsp3) is 1.00. The number of nitrogens with zero attached hydrogens (tertiary/aromatic N) is 1. The largest absolute Gasteiger partial charge is 0.854 e. The highest BCUT2D eigenvalue weighted by molar-refractivity contribution is 4.49. The Kier molecular flexibility index (Phi) is 19.0. The Hall–Kier alpha value is -0.0800. The molecule has 0 aliphatic rings. The third-order valence-electron chi connectivity index (χ3n) is 4.28. The number of rotatable bonds is 13. The third kappa shape index (κ3) is 14.8. The lowest BCUT2D eigenvalue weighted by Crippen LogP contribution is -2.50. The van der Waals surface area contributed by atoms with E-state index in [1.165, 1.54) is 82.0 Å². The van der Waals surface area contributed by atoms with Crippen LogP contribution in [0.5, 0.6) is 0 Å². The van der Waals surface area contributed by atoms with E-state index in [9.17, 15) is 5.11 Å². The number of quaternary nitrogens is 1. The van der Waals surface area contributed by atoms with Crippen LogP contribution in [-0.4, -0.2) is 37.3 Å². The van der Waals surface area contributed by atoms with Gasteiger partial charge in [0.1, 0.15) is 0 Å². The fourth-order valence-electron chi connectivity index (χ4n) is 2.64. The van der Waals surface area contributed by atoms with Crippen LogP contribution in [0.2, 0.25) is 0 Å². The van der Waals surface area contributed by atoms with Crippen molar-refractivity contribution in [1.29, 1.82) is 0 Å². The van der Waals surface area contributed by atoms with Crippen LogP contribution in [-0.2, 0) is 0 Å². The molecule has 0 bridgehead atoms. The van der Waals surface area contributed by atoms with Crippen molar-refractivity contribution in [1.82, 2.24) is 0 Å². The summed E-state index contributed by atoms with van der Waals surface area (Å²) < 4.78 is 1.42. The first-order valence-electron chi connectivity index (χ1n) is 9.94. The van der Waals surface area contributed by atoms with Crippen molar-refractivity contribution in [2.75, 3.05) is 32.8 Å². The van der Waals surface area contributed by atoms with Crippen molar-refractivity contribution < 1.29 is 9.59 Å². The number of hydrogen-bond donors (Lipinski definition) is 0. The van der Waals surface area contributed by atoms with Gasteiger partial charge in [-0.15, -0.1) is 6.61 Å². The molecule has 2 heteroatoms. The van der Waals surface area contributed by atoms with Crippen LogP contribution in [0.4, 0.5) is 0 Å². The Labute approximate surface area is 141 Å². The van der Waals surface area contributed by atoms with Crippen LogP contribution in [0.25, 0.3) is 0 Å². The van der Waals surface area contributed by atoms with Crippen molar-refractivity contribution >= 4 is 0 Å². The van der Waals surface area contributed by atoms with E-state index >= 15 is 0 Å². The van der Waals surface area contributed by atoms with Crippen molar-refractivity contribution in [3.8, 4) is 0 Å². The minimum Gasteiger partial charge on any atom is -0.854 e. The standard InChI is InChI=1S/C16H36N.C4H9O/c1-5-9-13-17(14-10-6-2,15-11-7-3)16-12-8-4;1-4(2)3-5/h5-16H2,1-4H3;4H,3H2,1-2H3/q+1;-1. The van der Waals surface area contributed by atoms with Crippen LogP contribution in [0.3, 0.4) is 0 Å². The van der Waals surface area contributed by atoms with E-state index in [-0.39, 0.29) is 6.61 Å². The zero-order valence-electron chi connectivity index (χ0n) is 16.6. The molecule has 0 saturated carbocycles. The monoisotopic (exact) mass is 315 g/mol. The molecule has 2 nitrogen and oxygen atoms in total. The maximum atomic E-state index is 9.63. The van der Waals surface area contributed by atoms with Gasteiger partial charge in [-0.05, 0) is 25.7 Å². The zero-order valence-corrected chi connectivity index (χ0v) is 16.6. The van der Waals surface area contributed by atoms with Crippen molar-refractivity contribution in [2.45, 2.75) is 92.9 Å². The quantitative estimate of drug-likeness (QED) is 0.438. The molecule has 0 spiro atoms. The molecule has 0 fully saturated rings. The topological polar surface area (TPSA) is 23.1 Å². The minimum absolute atomic E-state index is 0.0556. The Morgan fingerprint density at radius 1 is 0.636 bits per heavy atom. The van der Waals surface area contributed by atoms with Gasteiger partial charge in [-0.25, -0.2) is 0 Å². The maximum Gasteiger partial charge on any atom is 0.0786 e. The van der Waals surface area contributed by atoms with Gasteiger partial charge in [-0.2, -0.15) is 0 Å². The molecular formula is C20H45NO. The summed E-state index contributed by atoms with van der Waals surface area (Å²) in [6.07, 6.45) is 11.1. The van der Waals surface area contributed by atoms with E-state index in [1.807, 2.05) is 13.8 Å². The molecule has 0 aromatic rings. The number of hydrogen-bond acceptors (Lipinski definition) is 1. The Balaban J connectivity index is 0. The summed E-state index contributed by atoms with van der Waals surface area (Å²) in [6, 6.07) is 0. The zero-order chi connectivity index (χ0) is 17.3. The molecule has 136 valence electrons. The molecule has 0 radical (unpaired) electrons. The summed E-state index contributed by atoms with van der Waals surface area (Å²) >= 11 is 0. The van der Waals surface area contributed by atoms with Gasteiger partial charge < -0.3 is 9.59 Å². The second-order valence-corrected chi connectivity index (χ2v) is 7.21. The highest BCUT2D eigenvalue weighted by Gasteiger charge is 2.24. The normalized spacial score (nSPS) is 11.5. The molecule has 0 aromatic carbocycles. The van der Waals surface area contributed by atoms with E-state index in [2.05, 4.69) is 27.7 Å². The molecule has 0 atom stereocenters. The smallest absolute Gasteiger partial charge is 0.0786 e. The van der Waals surface area contributed by atoms with Gasteiger partial charge in [0.2, 0.25) is 0 Å². The average molecular weight is 316 g/mol. The lowest BCUT2D eigenvalue weighted by molar-refractivity contribution is -0.929. The van der Waals surface area contributed by atoms with Crippen molar-refractivity contribution in [2.24, 2.45) is 5.92 Å². The van der Waals surface area contributed by atoms with Gasteiger partial charge in [-0.1, -0.05) is 73.1 Å². The molecule has 0 rings (SSSR count). The molecule has 0 amide bonds. The minimum atomic E-state index is 0.0556. The van der Waals surface area contributed by atoms with Gasteiger partial charge in [0.25, 0.3) is 0 Å². The fourth-order valence-corrected chi connectivity index (χ4v) is 2.64. The lowest BCUT2D eigenvalue weighted by Gasteiger charge is -2.39. The first-order valence-corrected chi connectivity index (χ1v) is 9.94. The molecule has 0 aliphatic heterocycles. The molecule has 0 aromatic heterocycles. The first kappa shape index (κ1) is 24.2. The highest BCUT2D eigenvalue weighted by Crippen LogP contribution is 2.16. The highest BCUT2D eigenvalue weighted by atomic mass is 16.3. The Morgan fingerprint density at radius 3 is 1.00 bits per heavy atom. The Morgan fingerprint density at radius 2 is 0.864 bits per heavy atom. The predicted octanol–water partition coefficient (Wildman–Crippen LogP) is 5.01. The second-order valence-electron chi connectivity index (χ2n) is 7.21. The van der Waals surface area contributed by atoms with Gasteiger partial charge in [0, 0.05) is 0 Å². The summed E-state index contributed by atoms with van der Waals surface area (Å²) in [6.45, 7) is 18.9. The van der Waals surface area contributed by atoms with Crippen LogP contribution >= 0.6 is 0 Å². The lowest BCUT2D eigenvalue weighted by atomic mass is 10.1. The molecular weight excluding hydrogens is 270 g/mol. The molecule has 0 aliphatic carbocycles. The van der Waals surface area contributed by atoms with Crippen LogP contribution in [0, 0.1) is 5.92 Å². The molecule has 0 unspecified atom stereocenters. The van der Waals surface area contributed by atoms with Gasteiger partial charge in [-0.3, -0.25) is 0 Å².